The van der Waals surface area contributed by atoms with Gasteiger partial charge in [-0.25, -0.2) is 0 Å². The Balaban J connectivity index is 2.44. The molecule has 0 amide bonds. The normalized spacial score (nSPS) is 13.5. The zero-order valence-corrected chi connectivity index (χ0v) is 11.4. The first-order valence-corrected chi connectivity index (χ1v) is 6.60. The Kier molecular flexibility index (Phi) is 6.30. The largest absolute Gasteiger partial charge is 0.468 e. The van der Waals surface area contributed by atoms with Crippen LogP contribution in [0, 0.1) is 11.8 Å². The van der Waals surface area contributed by atoms with Crippen molar-refractivity contribution in [1.82, 2.24) is 4.90 Å². The van der Waals surface area contributed by atoms with Crippen molar-refractivity contribution in [3.63, 3.8) is 0 Å². The molecule has 0 saturated carbocycles. The standard InChI is InChI=1S/C14H26N2O/c1-4-16(11-14-6-5-7-17-14)10-13(9-15)8-12(2)3/h5-7,12-13H,4,8-11,15H2,1-3H3. The molecule has 0 spiro atoms. The van der Waals surface area contributed by atoms with Gasteiger partial charge in [-0.15, -0.1) is 0 Å². The van der Waals surface area contributed by atoms with Crippen molar-refractivity contribution in [1.29, 1.82) is 0 Å². The predicted molar refractivity (Wildman–Crippen MR) is 71.7 cm³/mol. The molecular formula is C14H26N2O. The summed E-state index contributed by atoms with van der Waals surface area (Å²) in [4.78, 5) is 2.40. The Hall–Kier alpha value is -0.800. The Morgan fingerprint density at radius 2 is 2.18 bits per heavy atom. The molecule has 0 aliphatic heterocycles. The van der Waals surface area contributed by atoms with Crippen LogP contribution < -0.4 is 5.73 Å². The monoisotopic (exact) mass is 238 g/mol. The van der Waals surface area contributed by atoms with Crippen LogP contribution in [0.2, 0.25) is 0 Å². The Morgan fingerprint density at radius 1 is 1.41 bits per heavy atom. The number of nitrogens with two attached hydrogens (primary N) is 1. The summed E-state index contributed by atoms with van der Waals surface area (Å²) in [6.07, 6.45) is 2.93. The molecule has 1 aromatic heterocycles. The van der Waals surface area contributed by atoms with Crippen LogP contribution in [0.15, 0.2) is 22.8 Å². The van der Waals surface area contributed by atoms with Crippen molar-refractivity contribution < 1.29 is 4.42 Å². The highest BCUT2D eigenvalue weighted by Gasteiger charge is 2.14. The highest BCUT2D eigenvalue weighted by molar-refractivity contribution is 4.97. The molecule has 0 saturated heterocycles. The summed E-state index contributed by atoms with van der Waals surface area (Å²) in [7, 11) is 0. The van der Waals surface area contributed by atoms with Gasteiger partial charge in [0.1, 0.15) is 5.76 Å². The van der Waals surface area contributed by atoms with Gasteiger partial charge in [-0.1, -0.05) is 20.8 Å². The van der Waals surface area contributed by atoms with Gasteiger partial charge in [0, 0.05) is 6.54 Å². The SMILES string of the molecule is CCN(Cc1ccco1)CC(CN)CC(C)C. The molecule has 1 heterocycles. The second kappa shape index (κ2) is 7.51. The minimum absolute atomic E-state index is 0.588. The van der Waals surface area contributed by atoms with E-state index in [1.165, 1.54) is 6.42 Å². The average molecular weight is 238 g/mol. The Labute approximate surface area is 105 Å². The van der Waals surface area contributed by atoms with Gasteiger partial charge in [-0.2, -0.15) is 0 Å². The first kappa shape index (κ1) is 14.3. The molecule has 0 aliphatic carbocycles. The molecule has 1 unspecified atom stereocenters. The van der Waals surface area contributed by atoms with Crippen molar-refractivity contribution in [3.8, 4) is 0 Å². The van der Waals surface area contributed by atoms with Crippen LogP contribution in [0.1, 0.15) is 33.0 Å². The lowest BCUT2D eigenvalue weighted by atomic mass is 9.96. The van der Waals surface area contributed by atoms with Crippen molar-refractivity contribution in [2.24, 2.45) is 17.6 Å². The smallest absolute Gasteiger partial charge is 0.117 e. The Bertz CT molecular complexity index is 282. The molecule has 98 valence electrons. The average Bonchev–Trinajstić information content (AvgIpc) is 2.79. The van der Waals surface area contributed by atoms with Gasteiger partial charge in [0.15, 0.2) is 0 Å². The molecule has 2 N–H and O–H groups in total. The second-order valence-electron chi connectivity index (χ2n) is 5.14. The molecule has 0 fully saturated rings. The second-order valence-corrected chi connectivity index (χ2v) is 5.14. The predicted octanol–water partition coefficient (Wildman–Crippen LogP) is 2.72. The summed E-state index contributed by atoms with van der Waals surface area (Å²) in [5.74, 6) is 2.34. The third-order valence-corrected chi connectivity index (χ3v) is 3.06. The van der Waals surface area contributed by atoms with Gasteiger partial charge in [0.25, 0.3) is 0 Å². The number of nitrogens with zero attached hydrogens (tertiary/aromatic N) is 1. The Morgan fingerprint density at radius 3 is 2.65 bits per heavy atom. The summed E-state index contributed by atoms with van der Waals surface area (Å²) in [6.45, 7) is 10.5. The zero-order chi connectivity index (χ0) is 12.7. The van der Waals surface area contributed by atoms with Crippen LogP contribution in [-0.2, 0) is 6.54 Å². The third-order valence-electron chi connectivity index (χ3n) is 3.06. The summed E-state index contributed by atoms with van der Waals surface area (Å²) in [5.41, 5.74) is 5.85. The lowest BCUT2D eigenvalue weighted by Crippen LogP contribution is -2.33. The molecule has 0 aromatic carbocycles. The van der Waals surface area contributed by atoms with E-state index in [4.69, 9.17) is 10.2 Å². The quantitative estimate of drug-likeness (QED) is 0.757. The summed E-state index contributed by atoms with van der Waals surface area (Å²) in [5, 5.41) is 0. The molecule has 0 radical (unpaired) electrons. The van der Waals surface area contributed by atoms with Crippen LogP contribution >= 0.6 is 0 Å². The topological polar surface area (TPSA) is 42.4 Å². The summed E-state index contributed by atoms with van der Waals surface area (Å²) < 4.78 is 5.39. The highest BCUT2D eigenvalue weighted by Crippen LogP contribution is 2.14. The molecule has 3 nitrogen and oxygen atoms in total. The van der Waals surface area contributed by atoms with Crippen molar-refractivity contribution in [2.75, 3.05) is 19.6 Å². The summed E-state index contributed by atoms with van der Waals surface area (Å²) >= 11 is 0. The number of furan rings is 1. The fraction of sp³-hybridized carbons (Fsp3) is 0.714. The van der Waals surface area contributed by atoms with Crippen molar-refractivity contribution in [3.05, 3.63) is 24.2 Å². The number of hydrogen-bond donors (Lipinski definition) is 1. The van der Waals surface area contributed by atoms with Crippen molar-refractivity contribution in [2.45, 2.75) is 33.7 Å². The summed E-state index contributed by atoms with van der Waals surface area (Å²) in [6, 6.07) is 3.97. The maximum absolute atomic E-state index is 5.85. The fourth-order valence-electron chi connectivity index (χ4n) is 2.21. The molecule has 1 aromatic rings. The maximum Gasteiger partial charge on any atom is 0.117 e. The third kappa shape index (κ3) is 5.37. The number of rotatable bonds is 8. The van der Waals surface area contributed by atoms with Gasteiger partial charge in [-0.3, -0.25) is 4.90 Å². The van der Waals surface area contributed by atoms with E-state index in [1.807, 2.05) is 12.1 Å². The van der Waals surface area contributed by atoms with Gasteiger partial charge in [0.05, 0.1) is 12.8 Å². The molecule has 1 rings (SSSR count). The zero-order valence-electron chi connectivity index (χ0n) is 11.4. The van der Waals surface area contributed by atoms with E-state index in [9.17, 15) is 0 Å². The van der Waals surface area contributed by atoms with Crippen LogP contribution in [0.25, 0.3) is 0 Å². The molecule has 0 aliphatic rings. The van der Waals surface area contributed by atoms with E-state index in [2.05, 4.69) is 25.7 Å². The minimum atomic E-state index is 0.588. The van der Waals surface area contributed by atoms with E-state index in [0.29, 0.717) is 11.8 Å². The minimum Gasteiger partial charge on any atom is -0.468 e. The highest BCUT2D eigenvalue weighted by atomic mass is 16.3. The maximum atomic E-state index is 5.85. The van der Waals surface area contributed by atoms with E-state index in [1.54, 1.807) is 6.26 Å². The van der Waals surface area contributed by atoms with Crippen LogP contribution in [-0.4, -0.2) is 24.5 Å². The molecular weight excluding hydrogens is 212 g/mol. The van der Waals surface area contributed by atoms with Gasteiger partial charge >= 0.3 is 0 Å². The van der Waals surface area contributed by atoms with E-state index in [-0.39, 0.29) is 0 Å². The van der Waals surface area contributed by atoms with E-state index in [0.717, 1.165) is 31.9 Å². The molecule has 0 bridgehead atoms. The molecule has 3 heteroatoms. The van der Waals surface area contributed by atoms with Crippen LogP contribution in [0.5, 0.6) is 0 Å². The van der Waals surface area contributed by atoms with Gasteiger partial charge < -0.3 is 10.2 Å². The first-order chi connectivity index (χ1) is 8.15. The van der Waals surface area contributed by atoms with Gasteiger partial charge in [-0.05, 0) is 43.5 Å². The van der Waals surface area contributed by atoms with E-state index < -0.39 is 0 Å². The lowest BCUT2D eigenvalue weighted by Gasteiger charge is -2.26. The van der Waals surface area contributed by atoms with Crippen molar-refractivity contribution >= 4 is 0 Å². The van der Waals surface area contributed by atoms with Crippen LogP contribution in [0.3, 0.4) is 0 Å². The molecule has 1 atom stereocenters. The number of hydrogen-bond acceptors (Lipinski definition) is 3. The van der Waals surface area contributed by atoms with Gasteiger partial charge in [0.2, 0.25) is 0 Å². The molecule has 17 heavy (non-hydrogen) atoms. The lowest BCUT2D eigenvalue weighted by molar-refractivity contribution is 0.205. The van der Waals surface area contributed by atoms with E-state index >= 15 is 0 Å². The van der Waals surface area contributed by atoms with Crippen LogP contribution in [0.4, 0.5) is 0 Å². The fourth-order valence-corrected chi connectivity index (χ4v) is 2.21. The first-order valence-electron chi connectivity index (χ1n) is 6.60.